The molecule has 2 aromatic rings. The Balaban J connectivity index is 2.13. The van der Waals surface area contributed by atoms with Crippen molar-refractivity contribution in [3.8, 4) is 0 Å². The van der Waals surface area contributed by atoms with Gasteiger partial charge in [-0.25, -0.2) is 23.1 Å². The van der Waals surface area contributed by atoms with Gasteiger partial charge in [0.2, 0.25) is 0 Å². The summed E-state index contributed by atoms with van der Waals surface area (Å²) in [4.78, 5) is 7.66. The maximum Gasteiger partial charge on any atom is 0.276 e. The minimum absolute atomic E-state index is 0.196. The van der Waals surface area contributed by atoms with Crippen molar-refractivity contribution < 1.29 is 8.42 Å². The van der Waals surface area contributed by atoms with Crippen LogP contribution in [0.25, 0.3) is 0 Å². The second-order valence-corrected chi connectivity index (χ2v) is 5.45. The molecule has 2 rings (SSSR count). The monoisotopic (exact) mass is 263 g/mol. The van der Waals surface area contributed by atoms with Crippen molar-refractivity contribution in [3.05, 3.63) is 53.9 Å². The Bertz CT molecular complexity index is 627. The predicted molar refractivity (Wildman–Crippen MR) is 67.2 cm³/mol. The van der Waals surface area contributed by atoms with E-state index in [1.54, 1.807) is 13.0 Å². The van der Waals surface area contributed by atoms with Crippen LogP contribution >= 0.6 is 0 Å². The van der Waals surface area contributed by atoms with Gasteiger partial charge in [-0.2, -0.15) is 0 Å². The minimum atomic E-state index is -3.65. The van der Waals surface area contributed by atoms with Gasteiger partial charge < -0.3 is 0 Å². The fourth-order valence-corrected chi connectivity index (χ4v) is 2.34. The van der Waals surface area contributed by atoms with Crippen molar-refractivity contribution in [1.82, 2.24) is 14.7 Å². The van der Waals surface area contributed by atoms with Crippen molar-refractivity contribution in [2.45, 2.75) is 18.6 Å². The molecule has 1 aromatic carbocycles. The van der Waals surface area contributed by atoms with Gasteiger partial charge in [0.1, 0.15) is 0 Å². The zero-order valence-corrected chi connectivity index (χ0v) is 10.7. The number of nitrogens with one attached hydrogen (secondary N) is 1. The van der Waals surface area contributed by atoms with Crippen LogP contribution in [0, 0.1) is 6.92 Å². The van der Waals surface area contributed by atoms with Gasteiger partial charge in [0.05, 0.1) is 0 Å². The first-order chi connectivity index (χ1) is 8.58. The number of hydrogen-bond donors (Lipinski definition) is 1. The summed E-state index contributed by atoms with van der Waals surface area (Å²) in [6, 6.07) is 10.9. The Kier molecular flexibility index (Phi) is 3.69. The molecule has 0 bridgehead atoms. The van der Waals surface area contributed by atoms with E-state index in [1.807, 2.05) is 30.3 Å². The molecule has 0 aliphatic heterocycles. The summed E-state index contributed by atoms with van der Waals surface area (Å²) in [6.45, 7) is 1.94. The number of aromatic nitrogens is 2. The van der Waals surface area contributed by atoms with Crippen LogP contribution in [-0.2, 0) is 16.6 Å². The summed E-state index contributed by atoms with van der Waals surface area (Å²) in [5, 5.41) is -0.196. The summed E-state index contributed by atoms with van der Waals surface area (Å²) in [5.74, 6) is 0. The van der Waals surface area contributed by atoms with Gasteiger partial charge in [-0.05, 0) is 18.6 Å². The molecule has 1 heterocycles. The van der Waals surface area contributed by atoms with Crippen LogP contribution in [0.1, 0.15) is 11.3 Å². The maximum absolute atomic E-state index is 11.9. The van der Waals surface area contributed by atoms with E-state index in [9.17, 15) is 8.42 Å². The Labute approximate surface area is 106 Å². The number of sulfonamides is 1. The average molecular weight is 263 g/mol. The zero-order chi connectivity index (χ0) is 13.0. The first-order valence-electron chi connectivity index (χ1n) is 5.41. The topological polar surface area (TPSA) is 72.0 Å². The highest BCUT2D eigenvalue weighted by molar-refractivity contribution is 7.89. The number of benzene rings is 1. The third-order valence-corrected chi connectivity index (χ3v) is 3.52. The van der Waals surface area contributed by atoms with Crippen molar-refractivity contribution in [2.24, 2.45) is 0 Å². The summed E-state index contributed by atoms with van der Waals surface area (Å²) in [5.41, 5.74) is 1.50. The summed E-state index contributed by atoms with van der Waals surface area (Å²) >= 11 is 0. The molecule has 18 heavy (non-hydrogen) atoms. The summed E-state index contributed by atoms with van der Waals surface area (Å²) < 4.78 is 26.3. The zero-order valence-electron chi connectivity index (χ0n) is 9.87. The van der Waals surface area contributed by atoms with Crippen LogP contribution in [0.3, 0.4) is 0 Å². The van der Waals surface area contributed by atoms with E-state index in [-0.39, 0.29) is 11.7 Å². The lowest BCUT2D eigenvalue weighted by atomic mass is 10.2. The van der Waals surface area contributed by atoms with E-state index in [0.29, 0.717) is 5.69 Å². The summed E-state index contributed by atoms with van der Waals surface area (Å²) in [7, 11) is -3.65. The normalized spacial score (nSPS) is 11.4. The lowest BCUT2D eigenvalue weighted by molar-refractivity contribution is 0.571. The van der Waals surface area contributed by atoms with Gasteiger partial charge in [-0.1, -0.05) is 30.3 Å². The number of nitrogens with zero attached hydrogens (tertiary/aromatic N) is 2. The Hall–Kier alpha value is -1.79. The smallest absolute Gasteiger partial charge is 0.226 e. The van der Waals surface area contributed by atoms with E-state index in [2.05, 4.69) is 14.7 Å². The maximum atomic E-state index is 11.9. The second-order valence-electron chi connectivity index (χ2n) is 3.79. The van der Waals surface area contributed by atoms with E-state index < -0.39 is 10.0 Å². The van der Waals surface area contributed by atoms with Gasteiger partial charge in [0, 0.05) is 18.4 Å². The molecule has 6 heteroatoms. The molecule has 0 atom stereocenters. The number of rotatable bonds is 4. The lowest BCUT2D eigenvalue weighted by Gasteiger charge is -2.05. The quantitative estimate of drug-likeness (QED) is 0.843. The van der Waals surface area contributed by atoms with Crippen molar-refractivity contribution in [3.63, 3.8) is 0 Å². The van der Waals surface area contributed by atoms with Crippen LogP contribution in [0.5, 0.6) is 0 Å². The van der Waals surface area contributed by atoms with Gasteiger partial charge in [-0.15, -0.1) is 0 Å². The molecular formula is C12H13N3O2S. The molecule has 0 aliphatic carbocycles. The third-order valence-electron chi connectivity index (χ3n) is 2.32. The highest BCUT2D eigenvalue weighted by Gasteiger charge is 2.16. The van der Waals surface area contributed by atoms with Crippen molar-refractivity contribution >= 4 is 10.0 Å². The Morgan fingerprint density at radius 1 is 1.17 bits per heavy atom. The molecule has 1 N–H and O–H groups in total. The largest absolute Gasteiger partial charge is 0.276 e. The second kappa shape index (κ2) is 5.24. The van der Waals surface area contributed by atoms with Gasteiger partial charge >= 0.3 is 0 Å². The average Bonchev–Trinajstić information content (AvgIpc) is 2.38. The fourth-order valence-electron chi connectivity index (χ4n) is 1.39. The first-order valence-corrected chi connectivity index (χ1v) is 6.89. The highest BCUT2D eigenvalue weighted by Crippen LogP contribution is 2.04. The van der Waals surface area contributed by atoms with Gasteiger partial charge in [-0.3, -0.25) is 0 Å². The Morgan fingerprint density at radius 2 is 1.89 bits per heavy atom. The first kappa shape index (κ1) is 12.7. The number of hydrogen-bond acceptors (Lipinski definition) is 4. The van der Waals surface area contributed by atoms with Crippen LogP contribution in [0.4, 0.5) is 0 Å². The predicted octanol–water partition coefficient (Wildman–Crippen LogP) is 1.26. The van der Waals surface area contributed by atoms with E-state index in [4.69, 9.17) is 0 Å². The molecule has 0 radical (unpaired) electrons. The van der Waals surface area contributed by atoms with Crippen molar-refractivity contribution in [2.75, 3.05) is 0 Å². The van der Waals surface area contributed by atoms with Gasteiger partial charge in [0.15, 0.2) is 0 Å². The molecular weight excluding hydrogens is 250 g/mol. The lowest BCUT2D eigenvalue weighted by Crippen LogP contribution is -2.25. The summed E-state index contributed by atoms with van der Waals surface area (Å²) in [6.07, 6.45) is 1.43. The standard InChI is InChI=1S/C12H13N3O2S/c1-10-7-8-13-12(15-10)18(16,17)14-9-11-5-3-2-4-6-11/h2-8,14H,9H2,1H3. The molecule has 1 aromatic heterocycles. The molecule has 94 valence electrons. The van der Waals surface area contributed by atoms with E-state index >= 15 is 0 Å². The van der Waals surface area contributed by atoms with E-state index in [1.165, 1.54) is 6.20 Å². The SMILES string of the molecule is Cc1ccnc(S(=O)(=O)NCc2ccccc2)n1. The Morgan fingerprint density at radius 3 is 2.56 bits per heavy atom. The van der Waals surface area contributed by atoms with Crippen LogP contribution < -0.4 is 4.72 Å². The van der Waals surface area contributed by atoms with Crippen LogP contribution in [0.15, 0.2) is 47.8 Å². The van der Waals surface area contributed by atoms with E-state index in [0.717, 1.165) is 5.56 Å². The van der Waals surface area contributed by atoms with Gasteiger partial charge in [0.25, 0.3) is 15.2 Å². The number of aryl methyl sites for hydroxylation is 1. The third kappa shape index (κ3) is 3.12. The molecule has 0 fully saturated rings. The van der Waals surface area contributed by atoms with Crippen LogP contribution in [0.2, 0.25) is 0 Å². The fraction of sp³-hybridized carbons (Fsp3) is 0.167. The van der Waals surface area contributed by atoms with Crippen LogP contribution in [-0.4, -0.2) is 18.4 Å². The van der Waals surface area contributed by atoms with Crippen molar-refractivity contribution in [1.29, 1.82) is 0 Å². The molecule has 0 unspecified atom stereocenters. The molecule has 0 aliphatic rings. The molecule has 0 amide bonds. The molecule has 0 spiro atoms. The minimum Gasteiger partial charge on any atom is -0.226 e. The molecule has 0 saturated carbocycles. The molecule has 5 nitrogen and oxygen atoms in total. The highest BCUT2D eigenvalue weighted by atomic mass is 32.2. The molecule has 0 saturated heterocycles.